The van der Waals surface area contributed by atoms with E-state index in [1.54, 1.807) is 13.8 Å². The second kappa shape index (κ2) is 7.41. The van der Waals surface area contributed by atoms with Crippen molar-refractivity contribution in [3.8, 4) is 0 Å². The maximum absolute atomic E-state index is 12.2. The molecular formula is C16H20N4O2S. The van der Waals surface area contributed by atoms with E-state index < -0.39 is 5.25 Å². The van der Waals surface area contributed by atoms with Crippen LogP contribution in [0.3, 0.4) is 0 Å². The summed E-state index contributed by atoms with van der Waals surface area (Å²) < 4.78 is 0. The second-order valence-electron chi connectivity index (χ2n) is 5.57. The van der Waals surface area contributed by atoms with Gasteiger partial charge in [-0.2, -0.15) is 0 Å². The van der Waals surface area contributed by atoms with Crippen LogP contribution in [0.1, 0.15) is 37.9 Å². The van der Waals surface area contributed by atoms with E-state index in [1.165, 1.54) is 5.56 Å². The molecule has 6 nitrogen and oxygen atoms in total. The smallest absolute Gasteiger partial charge is 0.273 e. The molecule has 0 aliphatic rings. The highest BCUT2D eigenvalue weighted by Crippen LogP contribution is 2.21. The first kappa shape index (κ1) is 17.2. The fourth-order valence-electron chi connectivity index (χ4n) is 1.85. The number of anilines is 1. The zero-order valence-electron chi connectivity index (χ0n) is 13.6. The molecule has 0 radical (unpaired) electrons. The van der Waals surface area contributed by atoms with Gasteiger partial charge in [-0.05, 0) is 37.5 Å². The SMILES string of the molecule is Cc1nnc(SC(C)C(=O)Nc2ccc(C(C)C)cc2)[nH]c1=O. The number of nitrogens with one attached hydrogen (secondary N) is 2. The Bertz CT molecular complexity index is 740. The van der Waals surface area contributed by atoms with E-state index in [2.05, 4.69) is 34.3 Å². The number of carbonyl (C=O) groups is 1. The minimum atomic E-state index is -0.410. The van der Waals surface area contributed by atoms with Crippen LogP contribution in [0.5, 0.6) is 0 Å². The first-order chi connectivity index (χ1) is 10.9. The average molecular weight is 332 g/mol. The highest BCUT2D eigenvalue weighted by Gasteiger charge is 2.16. The van der Waals surface area contributed by atoms with Crippen LogP contribution in [-0.2, 0) is 4.79 Å². The van der Waals surface area contributed by atoms with Crippen molar-refractivity contribution in [1.29, 1.82) is 0 Å². The van der Waals surface area contributed by atoms with Gasteiger partial charge in [-0.25, -0.2) is 0 Å². The van der Waals surface area contributed by atoms with E-state index in [9.17, 15) is 9.59 Å². The van der Waals surface area contributed by atoms with E-state index in [1.807, 2.05) is 24.3 Å². The van der Waals surface area contributed by atoms with Crippen LogP contribution in [0.15, 0.2) is 34.2 Å². The summed E-state index contributed by atoms with van der Waals surface area (Å²) in [6.45, 7) is 7.57. The third-order valence-corrected chi connectivity index (χ3v) is 4.32. The molecule has 0 saturated carbocycles. The number of hydrogen-bond acceptors (Lipinski definition) is 5. The van der Waals surface area contributed by atoms with E-state index >= 15 is 0 Å². The number of benzene rings is 1. The fourth-order valence-corrected chi connectivity index (χ4v) is 2.59. The number of amides is 1. The maximum atomic E-state index is 12.2. The Labute approximate surface area is 139 Å². The van der Waals surface area contributed by atoms with Crippen LogP contribution in [0.2, 0.25) is 0 Å². The van der Waals surface area contributed by atoms with Crippen molar-refractivity contribution in [2.24, 2.45) is 0 Å². The standard InChI is InChI=1S/C16H20N4O2S/c1-9(2)12-5-7-13(8-6-12)17-15(22)11(4)23-16-18-14(21)10(3)19-20-16/h5-9,11H,1-4H3,(H,17,22)(H,18,20,21). The lowest BCUT2D eigenvalue weighted by atomic mass is 10.0. The van der Waals surface area contributed by atoms with Crippen LogP contribution in [-0.4, -0.2) is 26.3 Å². The van der Waals surface area contributed by atoms with Crippen LogP contribution in [0.25, 0.3) is 0 Å². The predicted molar refractivity (Wildman–Crippen MR) is 91.9 cm³/mol. The van der Waals surface area contributed by atoms with E-state index in [0.717, 1.165) is 17.4 Å². The number of aryl methyl sites for hydroxylation is 1. The molecule has 1 atom stereocenters. The van der Waals surface area contributed by atoms with E-state index in [-0.39, 0.29) is 11.5 Å². The molecular weight excluding hydrogens is 312 g/mol. The zero-order valence-corrected chi connectivity index (χ0v) is 14.4. The summed E-state index contributed by atoms with van der Waals surface area (Å²) in [4.78, 5) is 26.3. The lowest BCUT2D eigenvalue weighted by molar-refractivity contribution is -0.115. The van der Waals surface area contributed by atoms with Crippen molar-refractivity contribution in [3.05, 3.63) is 45.9 Å². The van der Waals surface area contributed by atoms with Crippen molar-refractivity contribution in [1.82, 2.24) is 15.2 Å². The summed E-state index contributed by atoms with van der Waals surface area (Å²) in [6, 6.07) is 7.78. The molecule has 2 aromatic rings. The minimum Gasteiger partial charge on any atom is -0.325 e. The highest BCUT2D eigenvalue weighted by atomic mass is 32.2. The van der Waals surface area contributed by atoms with Gasteiger partial charge < -0.3 is 5.32 Å². The lowest BCUT2D eigenvalue weighted by Gasteiger charge is -2.12. The Morgan fingerprint density at radius 1 is 1.17 bits per heavy atom. The Kier molecular flexibility index (Phi) is 5.54. The number of nitrogens with zero attached hydrogens (tertiary/aromatic N) is 2. The molecule has 0 bridgehead atoms. The monoisotopic (exact) mass is 332 g/mol. The lowest BCUT2D eigenvalue weighted by Crippen LogP contribution is -2.23. The molecule has 0 spiro atoms. The minimum absolute atomic E-state index is 0.157. The third-order valence-electron chi connectivity index (χ3n) is 3.34. The van der Waals surface area contributed by atoms with Gasteiger partial charge in [-0.15, -0.1) is 10.2 Å². The molecule has 1 heterocycles. The topological polar surface area (TPSA) is 87.7 Å². The quantitative estimate of drug-likeness (QED) is 0.822. The molecule has 0 saturated heterocycles. The summed E-state index contributed by atoms with van der Waals surface area (Å²) in [5.74, 6) is 0.293. The molecule has 122 valence electrons. The van der Waals surface area contributed by atoms with Crippen molar-refractivity contribution >= 4 is 23.4 Å². The number of rotatable bonds is 5. The maximum Gasteiger partial charge on any atom is 0.273 e. The highest BCUT2D eigenvalue weighted by molar-refractivity contribution is 8.00. The van der Waals surface area contributed by atoms with E-state index in [4.69, 9.17) is 0 Å². The van der Waals surface area contributed by atoms with Gasteiger partial charge in [0, 0.05) is 5.69 Å². The van der Waals surface area contributed by atoms with Gasteiger partial charge in [-0.3, -0.25) is 14.6 Å². The van der Waals surface area contributed by atoms with Crippen molar-refractivity contribution in [3.63, 3.8) is 0 Å². The van der Waals surface area contributed by atoms with Crippen LogP contribution in [0, 0.1) is 6.92 Å². The van der Waals surface area contributed by atoms with Gasteiger partial charge >= 0.3 is 0 Å². The first-order valence-electron chi connectivity index (χ1n) is 7.38. The normalized spacial score (nSPS) is 12.2. The molecule has 0 aliphatic heterocycles. The predicted octanol–water partition coefficient (Wildman–Crippen LogP) is 2.72. The summed E-state index contributed by atoms with van der Waals surface area (Å²) in [7, 11) is 0. The summed E-state index contributed by atoms with van der Waals surface area (Å²) >= 11 is 1.16. The summed E-state index contributed by atoms with van der Waals surface area (Å²) in [5.41, 5.74) is 1.98. The van der Waals surface area contributed by atoms with Crippen LogP contribution < -0.4 is 10.9 Å². The molecule has 1 aromatic heterocycles. The molecule has 1 unspecified atom stereocenters. The van der Waals surface area contributed by atoms with E-state index in [0.29, 0.717) is 16.8 Å². The molecule has 0 aliphatic carbocycles. The van der Waals surface area contributed by atoms with Gasteiger partial charge in [0.05, 0.1) is 5.25 Å². The van der Waals surface area contributed by atoms with Crippen molar-refractivity contribution < 1.29 is 4.79 Å². The number of aromatic amines is 1. The molecule has 1 aromatic carbocycles. The molecule has 1 amide bonds. The van der Waals surface area contributed by atoms with Gasteiger partial charge in [0.2, 0.25) is 5.91 Å². The molecule has 23 heavy (non-hydrogen) atoms. The number of thioether (sulfide) groups is 1. The van der Waals surface area contributed by atoms with Crippen LogP contribution >= 0.6 is 11.8 Å². The Morgan fingerprint density at radius 3 is 2.39 bits per heavy atom. The summed E-state index contributed by atoms with van der Waals surface area (Å²) in [6.07, 6.45) is 0. The third kappa shape index (κ3) is 4.66. The Morgan fingerprint density at radius 2 is 1.83 bits per heavy atom. The Balaban J connectivity index is 1.99. The van der Waals surface area contributed by atoms with Gasteiger partial charge in [-0.1, -0.05) is 37.7 Å². The van der Waals surface area contributed by atoms with Crippen molar-refractivity contribution in [2.45, 2.75) is 44.0 Å². The molecule has 7 heteroatoms. The number of hydrogen-bond donors (Lipinski definition) is 2. The number of aromatic nitrogens is 3. The average Bonchev–Trinajstić information content (AvgIpc) is 2.51. The number of carbonyl (C=O) groups excluding carboxylic acids is 1. The Hall–Kier alpha value is -2.15. The molecule has 2 rings (SSSR count). The first-order valence-corrected chi connectivity index (χ1v) is 8.26. The van der Waals surface area contributed by atoms with Gasteiger partial charge in [0.25, 0.3) is 5.56 Å². The summed E-state index contributed by atoms with van der Waals surface area (Å²) in [5, 5.41) is 10.4. The second-order valence-corrected chi connectivity index (χ2v) is 6.90. The van der Waals surface area contributed by atoms with Gasteiger partial charge in [0.15, 0.2) is 5.16 Å². The molecule has 2 N–H and O–H groups in total. The zero-order chi connectivity index (χ0) is 17.0. The van der Waals surface area contributed by atoms with Crippen molar-refractivity contribution in [2.75, 3.05) is 5.32 Å². The van der Waals surface area contributed by atoms with Crippen LogP contribution in [0.4, 0.5) is 5.69 Å². The molecule has 0 fully saturated rings. The van der Waals surface area contributed by atoms with Gasteiger partial charge in [0.1, 0.15) is 5.69 Å². The fraction of sp³-hybridized carbons (Fsp3) is 0.375. The largest absolute Gasteiger partial charge is 0.325 e. The number of H-pyrrole nitrogens is 1.